The second-order valence-electron chi connectivity index (χ2n) is 1.35. The molecule has 10 heavy (non-hydrogen) atoms. The Morgan fingerprint density at radius 2 is 1.00 bits per heavy atom. The van der Waals surface area contributed by atoms with E-state index in [0.717, 1.165) is 0 Å². The van der Waals surface area contributed by atoms with Gasteiger partial charge in [-0.25, -0.2) is 0 Å². The predicted molar refractivity (Wildman–Crippen MR) is 28.7 cm³/mol. The summed E-state index contributed by atoms with van der Waals surface area (Å²) in [7, 11) is 0. The monoisotopic (exact) mass is 238 g/mol. The number of hydrogen-bond donors (Lipinski definition) is 0. The molecule has 0 radical (unpaired) electrons. The van der Waals surface area contributed by atoms with Crippen molar-refractivity contribution in [1.29, 1.82) is 0 Å². The van der Waals surface area contributed by atoms with Crippen LogP contribution in [0, 0.1) is 0 Å². The molecule has 0 unspecified atom stereocenters. The van der Waals surface area contributed by atoms with Gasteiger partial charge in [0.1, 0.15) is 0 Å². The van der Waals surface area contributed by atoms with E-state index in [-0.39, 0.29) is 60.7 Å². The molecule has 0 saturated heterocycles. The van der Waals surface area contributed by atoms with Gasteiger partial charge in [-0.3, -0.25) is 0 Å². The normalized spacial score (nSPS) is 3.40. The third-order valence-corrected chi connectivity index (χ3v) is 3.67. The maximum Gasteiger partial charge on any atom is 4.00 e. The van der Waals surface area contributed by atoms with Gasteiger partial charge in [-0.2, -0.15) is 0 Å². The minimum atomic E-state index is 0. The minimum absolute atomic E-state index is 0. The van der Waals surface area contributed by atoms with E-state index >= 15 is 0 Å². The van der Waals surface area contributed by atoms with E-state index in [2.05, 4.69) is 13.8 Å². The summed E-state index contributed by atoms with van der Waals surface area (Å²) < 4.78 is 0. The quantitative estimate of drug-likeness (QED) is 0.673. The summed E-state index contributed by atoms with van der Waals surface area (Å²) in [6, 6.07) is 0. The third kappa shape index (κ3) is 60.8. The van der Waals surface area contributed by atoms with Gasteiger partial charge in [0.05, 0.1) is 0 Å². The van der Waals surface area contributed by atoms with Crippen molar-refractivity contribution in [1.82, 2.24) is 0 Å². The molecule has 60 valence electrons. The largest absolute Gasteiger partial charge is 4.00 e. The van der Waals surface area contributed by atoms with Crippen molar-refractivity contribution in [2.24, 2.45) is 0 Å². The van der Waals surface area contributed by atoms with Gasteiger partial charge in [0.25, 0.3) is 0 Å². The van der Waals surface area contributed by atoms with Crippen molar-refractivity contribution in [2.45, 2.75) is 23.9 Å². The van der Waals surface area contributed by atoms with Crippen LogP contribution < -0.4 is 0 Å². The Morgan fingerprint density at radius 1 is 0.800 bits per heavy atom. The van der Waals surface area contributed by atoms with Gasteiger partial charge in [0.2, 0.25) is 0 Å². The molecule has 6 heteroatoms. The Bertz CT molecular complexity index is 24.7. The molecule has 4 N–H and O–H groups in total. The van der Waals surface area contributed by atoms with Gasteiger partial charge in [0, 0.05) is 0 Å². The fraction of sp³-hybridized carbons (Fsp3) is 1.00. The van der Waals surface area contributed by atoms with Gasteiger partial charge in [-0.05, 0) is 0 Å². The second kappa shape index (κ2) is 49.1. The van der Waals surface area contributed by atoms with E-state index in [9.17, 15) is 0 Å². The predicted octanol–water partition coefficient (Wildman–Crippen LogP) is 1.24. The average molecular weight is 239 g/mol. The van der Waals surface area contributed by atoms with E-state index in [1.54, 1.807) is 0 Å². The standard InChI is InChI=1S/2C2H5.4H2O.Ti.Zn/c2*1-2;;;;;;/h2*1H2,2H3;4*1H2;;/q;;;;;;+4;/p-4. The molecule has 0 aliphatic carbocycles. The van der Waals surface area contributed by atoms with Crippen LogP contribution in [0.2, 0.25) is 10.0 Å². The van der Waals surface area contributed by atoms with Crippen molar-refractivity contribution >= 4 is 0 Å². The molecule has 0 amide bonds. The molecule has 0 spiro atoms. The summed E-state index contributed by atoms with van der Waals surface area (Å²) >= 11 is 0.0972. The first-order chi connectivity index (χ1) is 2.41. The van der Waals surface area contributed by atoms with Crippen molar-refractivity contribution in [3.05, 3.63) is 0 Å². The molecule has 0 aliphatic heterocycles. The van der Waals surface area contributed by atoms with Crippen molar-refractivity contribution in [3.8, 4) is 0 Å². The van der Waals surface area contributed by atoms with Gasteiger partial charge < -0.3 is 21.9 Å². The Hall–Kier alpha value is 1.18. The summed E-state index contributed by atoms with van der Waals surface area (Å²) in [6.45, 7) is 4.59. The Balaban J connectivity index is -0.00000000800. The zero-order valence-electron chi connectivity index (χ0n) is 6.41. The van der Waals surface area contributed by atoms with Crippen LogP contribution in [0.3, 0.4) is 0 Å². The van der Waals surface area contributed by atoms with Crippen LogP contribution in [0.25, 0.3) is 0 Å². The van der Waals surface area contributed by atoms with Gasteiger partial charge in [-0.15, -0.1) is 0 Å². The fourth-order valence-electron chi connectivity index (χ4n) is 0.354. The zero-order chi connectivity index (χ0) is 4.12. The van der Waals surface area contributed by atoms with Crippen LogP contribution in [0.1, 0.15) is 13.8 Å². The SMILES string of the molecule is C[CH2][Zn][CH2]C.[OH-].[OH-].[OH-].[OH-].[Ti+4]. The number of hydrogen-bond acceptors (Lipinski definition) is 4. The van der Waals surface area contributed by atoms with Crippen LogP contribution in [0.15, 0.2) is 0 Å². The molecule has 0 fully saturated rings. The molecule has 0 saturated carbocycles. The molecule has 4 nitrogen and oxygen atoms in total. The molecule has 0 heterocycles. The van der Waals surface area contributed by atoms with Crippen LogP contribution in [-0.4, -0.2) is 21.9 Å². The first kappa shape index (κ1) is 43.2. The fourth-order valence-corrected chi connectivity index (χ4v) is 1.84. The first-order valence-electron chi connectivity index (χ1n) is 2.41. The smallest absolute Gasteiger partial charge is 0.870 e. The summed E-state index contributed by atoms with van der Waals surface area (Å²) in [6.07, 6.45) is 0. The molecule has 0 aromatic carbocycles. The molecule has 0 atom stereocenters. The topological polar surface area (TPSA) is 120 Å². The Kier molecular flexibility index (Phi) is 212. The van der Waals surface area contributed by atoms with Gasteiger partial charge >= 0.3 is 62.7 Å². The van der Waals surface area contributed by atoms with E-state index in [1.165, 1.54) is 10.0 Å². The summed E-state index contributed by atoms with van der Waals surface area (Å²) in [5.41, 5.74) is 0. The van der Waals surface area contributed by atoms with Crippen molar-refractivity contribution in [2.75, 3.05) is 0 Å². The van der Waals surface area contributed by atoms with E-state index in [1.807, 2.05) is 0 Å². The molecule has 0 aliphatic rings. The van der Waals surface area contributed by atoms with E-state index < -0.39 is 0 Å². The van der Waals surface area contributed by atoms with Gasteiger partial charge in [-0.1, -0.05) is 0 Å². The van der Waals surface area contributed by atoms with E-state index in [0.29, 0.717) is 0 Å². The second-order valence-corrected chi connectivity index (χ2v) is 7.03. The number of rotatable bonds is 2. The Labute approximate surface area is 84.5 Å². The van der Waals surface area contributed by atoms with Crippen molar-refractivity contribution < 1.29 is 60.7 Å². The van der Waals surface area contributed by atoms with E-state index in [4.69, 9.17) is 0 Å². The minimum Gasteiger partial charge on any atom is -0.870 e. The third-order valence-electron chi connectivity index (χ3n) is 0.707. The summed E-state index contributed by atoms with van der Waals surface area (Å²) in [5, 5.41) is 3.06. The Morgan fingerprint density at radius 3 is 1.00 bits per heavy atom. The molecule has 0 rings (SSSR count). The zero-order valence-corrected chi connectivity index (χ0v) is 10.9. The summed E-state index contributed by atoms with van der Waals surface area (Å²) in [5.74, 6) is 0. The maximum atomic E-state index is 2.30. The molecular formula is C4H14O4TiZn. The van der Waals surface area contributed by atoms with Crippen LogP contribution in [-0.2, 0) is 38.8 Å². The molecule has 0 bridgehead atoms. The van der Waals surface area contributed by atoms with Crippen LogP contribution in [0.5, 0.6) is 0 Å². The van der Waals surface area contributed by atoms with Crippen LogP contribution in [0.4, 0.5) is 0 Å². The van der Waals surface area contributed by atoms with Gasteiger partial charge in [0.15, 0.2) is 0 Å². The van der Waals surface area contributed by atoms with Crippen molar-refractivity contribution in [3.63, 3.8) is 0 Å². The molecule has 0 aromatic heterocycles. The maximum absolute atomic E-state index is 2.30. The molecule has 0 aromatic rings. The average Bonchev–Trinajstić information content (AvgIpc) is 1.41. The first-order valence-corrected chi connectivity index (χ1v) is 6.61. The molecular weight excluding hydrogens is 225 g/mol. The van der Waals surface area contributed by atoms with Crippen LogP contribution >= 0.6 is 0 Å². The summed E-state index contributed by atoms with van der Waals surface area (Å²) in [4.78, 5) is 0.